The summed E-state index contributed by atoms with van der Waals surface area (Å²) in [6.45, 7) is 4.05. The molecule has 0 aliphatic carbocycles. The zero-order chi connectivity index (χ0) is 14.0. The van der Waals surface area contributed by atoms with Crippen molar-refractivity contribution in [1.82, 2.24) is 0 Å². The van der Waals surface area contributed by atoms with E-state index in [1.165, 1.54) is 0 Å². The zero-order valence-corrected chi connectivity index (χ0v) is 12.9. The number of hydrogen-bond acceptors (Lipinski definition) is 2. The first-order valence-corrected chi connectivity index (χ1v) is 6.91. The van der Waals surface area contributed by atoms with E-state index in [2.05, 4.69) is 15.9 Å². The lowest BCUT2D eigenvalue weighted by atomic mass is 9.98. The van der Waals surface area contributed by atoms with Gasteiger partial charge in [-0.05, 0) is 48.2 Å². The smallest absolute Gasteiger partial charge is 0.119 e. The summed E-state index contributed by atoms with van der Waals surface area (Å²) in [5.41, 5.74) is 3.97. The lowest BCUT2D eigenvalue weighted by molar-refractivity contribution is 0.219. The van der Waals surface area contributed by atoms with Crippen molar-refractivity contribution >= 4 is 15.9 Å². The average Bonchev–Trinajstić information content (AvgIpc) is 2.43. The van der Waals surface area contributed by atoms with E-state index in [-0.39, 0.29) is 0 Å². The number of aliphatic hydroxyl groups excluding tert-OH is 1. The lowest BCUT2D eigenvalue weighted by Gasteiger charge is -2.15. The van der Waals surface area contributed by atoms with E-state index in [1.807, 2.05) is 50.2 Å². The molecular weight excluding hydrogens is 304 g/mol. The number of rotatable bonds is 3. The van der Waals surface area contributed by atoms with Crippen LogP contribution < -0.4 is 4.74 Å². The molecule has 2 nitrogen and oxygen atoms in total. The Bertz CT molecular complexity index is 570. The van der Waals surface area contributed by atoms with Gasteiger partial charge in [-0.2, -0.15) is 0 Å². The molecule has 0 bridgehead atoms. The molecule has 0 saturated heterocycles. The van der Waals surface area contributed by atoms with Crippen LogP contribution in [0.25, 0.3) is 0 Å². The van der Waals surface area contributed by atoms with Crippen LogP contribution >= 0.6 is 15.9 Å². The van der Waals surface area contributed by atoms with Crippen LogP contribution in [0.1, 0.15) is 28.4 Å². The molecule has 1 N–H and O–H groups in total. The molecule has 1 atom stereocenters. The molecule has 2 aromatic rings. The standard InChI is InChI=1S/C16H17BrO2/c1-10-7-13(8-11(2)15(10)17)16(18)12-5-4-6-14(9-12)19-3/h4-9,16,18H,1-3H3. The highest BCUT2D eigenvalue weighted by Gasteiger charge is 2.13. The van der Waals surface area contributed by atoms with E-state index in [1.54, 1.807) is 7.11 Å². The Morgan fingerprint density at radius 1 is 1.05 bits per heavy atom. The largest absolute Gasteiger partial charge is 0.497 e. The molecule has 0 aromatic heterocycles. The van der Waals surface area contributed by atoms with Crippen molar-refractivity contribution in [2.24, 2.45) is 0 Å². The second-order valence-electron chi connectivity index (χ2n) is 4.65. The minimum atomic E-state index is -0.638. The third-order valence-electron chi connectivity index (χ3n) is 3.18. The van der Waals surface area contributed by atoms with Gasteiger partial charge in [-0.15, -0.1) is 0 Å². The minimum Gasteiger partial charge on any atom is -0.497 e. The van der Waals surface area contributed by atoms with E-state index < -0.39 is 6.10 Å². The Hall–Kier alpha value is -1.32. The van der Waals surface area contributed by atoms with Gasteiger partial charge in [-0.1, -0.05) is 40.2 Å². The van der Waals surface area contributed by atoms with Crippen LogP contribution in [-0.4, -0.2) is 12.2 Å². The lowest BCUT2D eigenvalue weighted by Crippen LogP contribution is -2.01. The van der Waals surface area contributed by atoms with Gasteiger partial charge < -0.3 is 9.84 Å². The summed E-state index contributed by atoms with van der Waals surface area (Å²) in [6, 6.07) is 11.5. The van der Waals surface area contributed by atoms with Crippen molar-refractivity contribution in [3.8, 4) is 5.75 Å². The number of halogens is 1. The zero-order valence-electron chi connectivity index (χ0n) is 11.3. The van der Waals surface area contributed by atoms with E-state index in [0.29, 0.717) is 0 Å². The van der Waals surface area contributed by atoms with Crippen molar-refractivity contribution in [2.45, 2.75) is 20.0 Å². The van der Waals surface area contributed by atoms with E-state index in [0.717, 1.165) is 32.5 Å². The van der Waals surface area contributed by atoms with Crippen LogP contribution in [0.3, 0.4) is 0 Å². The van der Waals surface area contributed by atoms with Crippen molar-refractivity contribution < 1.29 is 9.84 Å². The van der Waals surface area contributed by atoms with Crippen molar-refractivity contribution in [2.75, 3.05) is 7.11 Å². The van der Waals surface area contributed by atoms with Crippen LogP contribution in [-0.2, 0) is 0 Å². The molecule has 0 aliphatic heterocycles. The van der Waals surface area contributed by atoms with Crippen LogP contribution in [0.15, 0.2) is 40.9 Å². The maximum atomic E-state index is 10.5. The SMILES string of the molecule is COc1cccc(C(O)c2cc(C)c(Br)c(C)c2)c1. The second kappa shape index (κ2) is 5.76. The molecule has 1 unspecified atom stereocenters. The fourth-order valence-corrected chi connectivity index (χ4v) is 2.37. The first-order chi connectivity index (χ1) is 9.02. The molecular formula is C16H17BrO2. The van der Waals surface area contributed by atoms with Gasteiger partial charge in [-0.3, -0.25) is 0 Å². The summed E-state index contributed by atoms with van der Waals surface area (Å²) in [5, 5.41) is 10.5. The van der Waals surface area contributed by atoms with E-state index in [4.69, 9.17) is 4.74 Å². The summed E-state index contributed by atoms with van der Waals surface area (Å²) >= 11 is 3.54. The van der Waals surface area contributed by atoms with Gasteiger partial charge in [-0.25, -0.2) is 0 Å². The maximum absolute atomic E-state index is 10.5. The average molecular weight is 321 g/mol. The van der Waals surface area contributed by atoms with Gasteiger partial charge >= 0.3 is 0 Å². The van der Waals surface area contributed by atoms with Gasteiger partial charge in [0.25, 0.3) is 0 Å². The Labute approximate surface area is 122 Å². The number of hydrogen-bond donors (Lipinski definition) is 1. The molecule has 0 heterocycles. The van der Waals surface area contributed by atoms with Crippen LogP contribution in [0.2, 0.25) is 0 Å². The van der Waals surface area contributed by atoms with E-state index in [9.17, 15) is 5.11 Å². The summed E-state index contributed by atoms with van der Waals surface area (Å²) in [6.07, 6.45) is -0.638. The van der Waals surface area contributed by atoms with Crippen molar-refractivity contribution in [3.05, 3.63) is 63.1 Å². The molecule has 3 heteroatoms. The summed E-state index contributed by atoms with van der Waals surface area (Å²) < 4.78 is 6.28. The third-order valence-corrected chi connectivity index (χ3v) is 4.43. The molecule has 0 spiro atoms. The van der Waals surface area contributed by atoms with Gasteiger partial charge in [0.05, 0.1) is 7.11 Å². The van der Waals surface area contributed by atoms with Gasteiger partial charge in [0.2, 0.25) is 0 Å². The normalized spacial score (nSPS) is 12.3. The Morgan fingerprint density at radius 3 is 2.26 bits per heavy atom. The molecule has 2 rings (SSSR count). The number of methoxy groups -OCH3 is 1. The third kappa shape index (κ3) is 2.99. The highest BCUT2D eigenvalue weighted by Crippen LogP contribution is 2.30. The Morgan fingerprint density at radius 2 is 1.68 bits per heavy atom. The second-order valence-corrected chi connectivity index (χ2v) is 5.44. The number of ether oxygens (including phenoxy) is 1. The highest BCUT2D eigenvalue weighted by atomic mass is 79.9. The molecule has 0 aliphatic rings. The van der Waals surface area contributed by atoms with Crippen LogP contribution in [0.4, 0.5) is 0 Å². The van der Waals surface area contributed by atoms with Crippen LogP contribution in [0, 0.1) is 13.8 Å². The van der Waals surface area contributed by atoms with Crippen molar-refractivity contribution in [3.63, 3.8) is 0 Å². The minimum absolute atomic E-state index is 0.638. The fourth-order valence-electron chi connectivity index (χ4n) is 2.14. The summed E-state index contributed by atoms with van der Waals surface area (Å²) in [4.78, 5) is 0. The fraction of sp³-hybridized carbons (Fsp3) is 0.250. The Balaban J connectivity index is 2.40. The maximum Gasteiger partial charge on any atom is 0.119 e. The molecule has 0 amide bonds. The first-order valence-electron chi connectivity index (χ1n) is 6.11. The summed E-state index contributed by atoms with van der Waals surface area (Å²) in [5.74, 6) is 0.752. The first kappa shape index (κ1) is 14.1. The highest BCUT2D eigenvalue weighted by molar-refractivity contribution is 9.10. The van der Waals surface area contributed by atoms with Gasteiger partial charge in [0, 0.05) is 4.47 Å². The van der Waals surface area contributed by atoms with E-state index >= 15 is 0 Å². The molecule has 100 valence electrons. The monoisotopic (exact) mass is 320 g/mol. The summed E-state index contributed by atoms with van der Waals surface area (Å²) in [7, 11) is 1.62. The molecule has 2 aromatic carbocycles. The predicted octanol–water partition coefficient (Wildman–Crippen LogP) is 4.16. The van der Waals surface area contributed by atoms with Crippen molar-refractivity contribution in [1.29, 1.82) is 0 Å². The number of aliphatic hydroxyl groups is 1. The predicted molar refractivity (Wildman–Crippen MR) is 80.7 cm³/mol. The van der Waals surface area contributed by atoms with Gasteiger partial charge in [0.15, 0.2) is 0 Å². The molecule has 0 saturated carbocycles. The quantitative estimate of drug-likeness (QED) is 0.920. The molecule has 0 radical (unpaired) electrons. The Kier molecular flexibility index (Phi) is 4.27. The molecule has 19 heavy (non-hydrogen) atoms. The topological polar surface area (TPSA) is 29.5 Å². The number of aryl methyl sites for hydroxylation is 2. The van der Waals surface area contributed by atoms with Crippen LogP contribution in [0.5, 0.6) is 5.75 Å². The van der Waals surface area contributed by atoms with Gasteiger partial charge in [0.1, 0.15) is 11.9 Å². The molecule has 0 fully saturated rings. The number of benzene rings is 2.